The van der Waals surface area contributed by atoms with Crippen LogP contribution in [0.5, 0.6) is 17.2 Å². The fourth-order valence-corrected chi connectivity index (χ4v) is 2.86. The third-order valence-electron chi connectivity index (χ3n) is 4.27. The van der Waals surface area contributed by atoms with Crippen molar-refractivity contribution >= 4 is 17.8 Å². The molecule has 1 aromatic carbocycles. The van der Waals surface area contributed by atoms with Crippen LogP contribution in [0.3, 0.4) is 0 Å². The van der Waals surface area contributed by atoms with Gasteiger partial charge in [0, 0.05) is 12.1 Å². The largest absolute Gasteiger partial charge is 0.496 e. The number of allylic oxidation sites excluding steroid dienone is 2. The molecule has 1 aliphatic carbocycles. The van der Waals surface area contributed by atoms with Crippen LogP contribution in [0.1, 0.15) is 31.2 Å². The first-order valence-corrected chi connectivity index (χ1v) is 8.39. The molecule has 0 heterocycles. The Kier molecular flexibility index (Phi) is 6.83. The minimum absolute atomic E-state index is 0.0533. The van der Waals surface area contributed by atoms with Crippen LogP contribution in [0.4, 0.5) is 0 Å². The summed E-state index contributed by atoms with van der Waals surface area (Å²) in [7, 11) is 5.77. The summed E-state index contributed by atoms with van der Waals surface area (Å²) in [5.74, 6) is 0.371. The highest BCUT2D eigenvalue weighted by Crippen LogP contribution is 2.36. The lowest BCUT2D eigenvalue weighted by atomic mass is 9.92. The zero-order chi connectivity index (χ0) is 19.1. The van der Waals surface area contributed by atoms with Crippen LogP contribution in [-0.4, -0.2) is 40.2 Å². The number of ketones is 1. The quantitative estimate of drug-likeness (QED) is 0.321. The van der Waals surface area contributed by atoms with Gasteiger partial charge in [0.05, 0.1) is 34.0 Å². The Labute approximate surface area is 153 Å². The Morgan fingerprint density at radius 1 is 0.962 bits per heavy atom. The summed E-state index contributed by atoms with van der Waals surface area (Å²) in [6, 6.07) is 3.32. The van der Waals surface area contributed by atoms with Gasteiger partial charge in [0.2, 0.25) is 0 Å². The molecule has 0 aromatic heterocycles. The Morgan fingerprint density at radius 2 is 1.62 bits per heavy atom. The SMILES string of the molecule is COC(=O)/C(=C/c1c(OC)cc(OC)cc1OC)C(=O)C1=CCCCC1. The Balaban J connectivity index is 2.58. The molecule has 0 spiro atoms. The monoisotopic (exact) mass is 360 g/mol. The summed E-state index contributed by atoms with van der Waals surface area (Å²) in [5, 5.41) is 0. The molecule has 1 aliphatic rings. The van der Waals surface area contributed by atoms with Crippen LogP contribution in [0.2, 0.25) is 0 Å². The third kappa shape index (κ3) is 4.25. The maximum absolute atomic E-state index is 12.9. The van der Waals surface area contributed by atoms with E-state index in [2.05, 4.69) is 0 Å². The first kappa shape index (κ1) is 19.6. The standard InChI is InChI=1S/C20H24O6/c1-23-14-10-17(24-2)15(18(11-14)25-3)12-16(20(22)26-4)19(21)13-8-6-5-7-9-13/h8,10-12H,5-7,9H2,1-4H3/b16-12+. The number of carbonyl (C=O) groups excluding carboxylic acids is 2. The number of ether oxygens (including phenoxy) is 4. The third-order valence-corrected chi connectivity index (χ3v) is 4.27. The number of esters is 1. The number of hydrogen-bond donors (Lipinski definition) is 0. The number of hydrogen-bond acceptors (Lipinski definition) is 6. The van der Waals surface area contributed by atoms with Crippen molar-refractivity contribution in [2.45, 2.75) is 25.7 Å². The molecule has 0 aliphatic heterocycles. The predicted octanol–water partition coefficient (Wildman–Crippen LogP) is 3.34. The van der Waals surface area contributed by atoms with Crippen molar-refractivity contribution in [3.63, 3.8) is 0 Å². The van der Waals surface area contributed by atoms with Gasteiger partial charge in [-0.25, -0.2) is 4.79 Å². The summed E-state index contributed by atoms with van der Waals surface area (Å²) >= 11 is 0. The molecular formula is C20H24O6. The summed E-state index contributed by atoms with van der Waals surface area (Å²) < 4.78 is 20.8. The highest BCUT2D eigenvalue weighted by Gasteiger charge is 2.25. The molecule has 0 amide bonds. The first-order chi connectivity index (χ1) is 12.5. The van der Waals surface area contributed by atoms with Gasteiger partial charge in [0.1, 0.15) is 22.8 Å². The zero-order valence-electron chi connectivity index (χ0n) is 15.6. The molecule has 6 heteroatoms. The summed E-state index contributed by atoms with van der Waals surface area (Å²) in [6.07, 6.45) is 6.83. The van der Waals surface area contributed by atoms with Crippen molar-refractivity contribution in [3.8, 4) is 17.2 Å². The smallest absolute Gasteiger partial charge is 0.341 e. The number of carbonyl (C=O) groups is 2. The molecular weight excluding hydrogens is 336 g/mol. The van der Waals surface area contributed by atoms with Gasteiger partial charge in [-0.15, -0.1) is 0 Å². The number of Topliss-reactive ketones (excluding diaryl/α,β-unsaturated/α-hetero) is 1. The van der Waals surface area contributed by atoms with E-state index in [1.807, 2.05) is 6.08 Å². The van der Waals surface area contributed by atoms with Crippen LogP contribution in [0, 0.1) is 0 Å². The van der Waals surface area contributed by atoms with Crippen LogP contribution >= 0.6 is 0 Å². The van der Waals surface area contributed by atoms with Crippen molar-refractivity contribution in [3.05, 3.63) is 34.9 Å². The summed E-state index contributed by atoms with van der Waals surface area (Å²) in [4.78, 5) is 25.2. The first-order valence-electron chi connectivity index (χ1n) is 8.39. The molecule has 2 rings (SSSR count). The van der Waals surface area contributed by atoms with E-state index < -0.39 is 5.97 Å². The fourth-order valence-electron chi connectivity index (χ4n) is 2.86. The Hall–Kier alpha value is -2.76. The second-order valence-corrected chi connectivity index (χ2v) is 5.80. The minimum Gasteiger partial charge on any atom is -0.496 e. The molecule has 26 heavy (non-hydrogen) atoms. The predicted molar refractivity (Wildman–Crippen MR) is 97.6 cm³/mol. The van der Waals surface area contributed by atoms with Crippen molar-refractivity contribution in [1.29, 1.82) is 0 Å². The van der Waals surface area contributed by atoms with E-state index in [9.17, 15) is 9.59 Å². The number of benzene rings is 1. The van der Waals surface area contributed by atoms with Crippen LogP contribution in [0.25, 0.3) is 6.08 Å². The van der Waals surface area contributed by atoms with Crippen LogP contribution < -0.4 is 14.2 Å². The molecule has 0 saturated carbocycles. The molecule has 6 nitrogen and oxygen atoms in total. The minimum atomic E-state index is -0.693. The average Bonchev–Trinajstić information content (AvgIpc) is 2.70. The van der Waals surface area contributed by atoms with Crippen molar-refractivity contribution in [1.82, 2.24) is 0 Å². The average molecular weight is 360 g/mol. The van der Waals surface area contributed by atoms with E-state index in [0.717, 1.165) is 19.3 Å². The summed E-state index contributed by atoms with van der Waals surface area (Å²) in [6.45, 7) is 0. The lowest BCUT2D eigenvalue weighted by Crippen LogP contribution is -2.17. The van der Waals surface area contributed by atoms with Gasteiger partial charge in [-0.1, -0.05) is 6.08 Å². The Bertz CT molecular complexity index is 720. The second-order valence-electron chi connectivity index (χ2n) is 5.80. The Morgan fingerprint density at radius 3 is 2.08 bits per heavy atom. The lowest BCUT2D eigenvalue weighted by Gasteiger charge is -2.15. The van der Waals surface area contributed by atoms with Crippen molar-refractivity contribution in [2.24, 2.45) is 0 Å². The molecule has 0 unspecified atom stereocenters. The number of methoxy groups -OCH3 is 4. The maximum Gasteiger partial charge on any atom is 0.341 e. The van der Waals surface area contributed by atoms with Crippen LogP contribution in [0.15, 0.2) is 29.4 Å². The molecule has 0 bridgehead atoms. The van der Waals surface area contributed by atoms with E-state index in [-0.39, 0.29) is 11.4 Å². The van der Waals surface area contributed by atoms with Gasteiger partial charge >= 0.3 is 5.97 Å². The zero-order valence-corrected chi connectivity index (χ0v) is 15.6. The molecule has 140 valence electrons. The lowest BCUT2D eigenvalue weighted by molar-refractivity contribution is -0.137. The molecule has 0 saturated heterocycles. The van der Waals surface area contributed by atoms with Gasteiger partial charge in [0.25, 0.3) is 0 Å². The van der Waals surface area contributed by atoms with E-state index >= 15 is 0 Å². The topological polar surface area (TPSA) is 71.1 Å². The second kappa shape index (κ2) is 9.08. The van der Waals surface area contributed by atoms with E-state index in [1.165, 1.54) is 34.5 Å². The van der Waals surface area contributed by atoms with E-state index in [4.69, 9.17) is 18.9 Å². The van der Waals surface area contributed by atoms with E-state index in [0.29, 0.717) is 34.8 Å². The van der Waals surface area contributed by atoms with E-state index in [1.54, 1.807) is 12.1 Å². The molecule has 0 atom stereocenters. The molecule has 1 aromatic rings. The number of rotatable bonds is 7. The maximum atomic E-state index is 12.9. The summed E-state index contributed by atoms with van der Waals surface area (Å²) in [5.41, 5.74) is 1.06. The van der Waals surface area contributed by atoms with Gasteiger partial charge in [-0.2, -0.15) is 0 Å². The molecule has 0 fully saturated rings. The fraction of sp³-hybridized carbons (Fsp3) is 0.400. The van der Waals surface area contributed by atoms with Gasteiger partial charge in [0.15, 0.2) is 5.78 Å². The van der Waals surface area contributed by atoms with Crippen molar-refractivity contribution in [2.75, 3.05) is 28.4 Å². The van der Waals surface area contributed by atoms with Gasteiger partial charge in [-0.05, 0) is 37.3 Å². The molecule has 0 N–H and O–H groups in total. The normalized spacial score (nSPS) is 14.3. The van der Waals surface area contributed by atoms with Crippen LogP contribution in [-0.2, 0) is 14.3 Å². The van der Waals surface area contributed by atoms with Crippen molar-refractivity contribution < 1.29 is 28.5 Å². The molecule has 0 radical (unpaired) electrons. The highest BCUT2D eigenvalue weighted by atomic mass is 16.5. The highest BCUT2D eigenvalue weighted by molar-refractivity contribution is 6.26. The van der Waals surface area contributed by atoms with Gasteiger partial charge < -0.3 is 18.9 Å². The van der Waals surface area contributed by atoms with Gasteiger partial charge in [-0.3, -0.25) is 4.79 Å².